The van der Waals surface area contributed by atoms with Crippen molar-refractivity contribution in [3.8, 4) is 0 Å². The Bertz CT molecular complexity index is 664. The van der Waals surface area contributed by atoms with Crippen molar-refractivity contribution in [2.75, 3.05) is 13.2 Å². The maximum absolute atomic E-state index is 11.9. The Morgan fingerprint density at radius 3 is 1.53 bits per heavy atom. The monoisotopic (exact) mass is 612 g/mol. The molecule has 0 amide bonds. The number of carbonyl (C=O) groups is 2. The zero-order valence-electron chi connectivity index (χ0n) is 28.1. The van der Waals surface area contributed by atoms with Crippen LogP contribution >= 0.6 is 0 Å². The van der Waals surface area contributed by atoms with Gasteiger partial charge >= 0.3 is 11.9 Å². The first kappa shape index (κ1) is 41.6. The van der Waals surface area contributed by atoms with Crippen LogP contribution in [0.1, 0.15) is 168 Å². The summed E-state index contributed by atoms with van der Waals surface area (Å²) in [6, 6.07) is 0. The molecule has 0 aliphatic carbocycles. The van der Waals surface area contributed by atoms with E-state index in [0.29, 0.717) is 25.7 Å². The van der Waals surface area contributed by atoms with Crippen LogP contribution in [-0.2, 0) is 19.1 Å². The van der Waals surface area contributed by atoms with Crippen LogP contribution < -0.4 is 0 Å². The van der Waals surface area contributed by atoms with Gasteiger partial charge in [0.2, 0.25) is 0 Å². The summed E-state index contributed by atoms with van der Waals surface area (Å²) in [6.45, 7) is 6.41. The van der Waals surface area contributed by atoms with Crippen LogP contribution in [0.5, 0.6) is 0 Å². The molecule has 7 heteroatoms. The SMILES string of the molecule is CCCCC/C=C\C[C@@H](O)[C@H](O)CCCCCCCC(=O)OC[C@H](O)COC(=O)CCCCCCCCCCCC(C)C. The lowest BCUT2D eigenvalue weighted by atomic mass is 10.0. The molecule has 0 radical (unpaired) electrons. The number of aliphatic hydroxyl groups excluding tert-OH is 3. The summed E-state index contributed by atoms with van der Waals surface area (Å²) in [5.41, 5.74) is 0. The van der Waals surface area contributed by atoms with Gasteiger partial charge in [-0.1, -0.05) is 129 Å². The van der Waals surface area contributed by atoms with Crippen LogP contribution in [-0.4, -0.2) is 58.8 Å². The summed E-state index contributed by atoms with van der Waals surface area (Å²) in [7, 11) is 0. The number of hydrogen-bond donors (Lipinski definition) is 3. The van der Waals surface area contributed by atoms with E-state index in [1.807, 2.05) is 6.08 Å². The zero-order chi connectivity index (χ0) is 32.0. The first-order chi connectivity index (χ1) is 20.8. The van der Waals surface area contributed by atoms with Crippen LogP contribution in [0.2, 0.25) is 0 Å². The summed E-state index contributed by atoms with van der Waals surface area (Å²) >= 11 is 0. The summed E-state index contributed by atoms with van der Waals surface area (Å²) in [5, 5.41) is 30.2. The molecular formula is C36H68O7. The topological polar surface area (TPSA) is 113 Å². The highest BCUT2D eigenvalue weighted by Gasteiger charge is 2.14. The average molecular weight is 613 g/mol. The minimum Gasteiger partial charge on any atom is -0.463 e. The molecule has 0 heterocycles. The molecule has 3 atom stereocenters. The molecule has 0 unspecified atom stereocenters. The van der Waals surface area contributed by atoms with Gasteiger partial charge in [-0.3, -0.25) is 9.59 Å². The first-order valence-electron chi connectivity index (χ1n) is 17.8. The van der Waals surface area contributed by atoms with Crippen LogP contribution in [0.25, 0.3) is 0 Å². The number of rotatable bonds is 31. The Labute approximate surface area is 264 Å². The van der Waals surface area contributed by atoms with Gasteiger partial charge in [0.05, 0.1) is 12.2 Å². The normalized spacial score (nSPS) is 13.8. The highest BCUT2D eigenvalue weighted by atomic mass is 16.6. The Morgan fingerprint density at radius 1 is 0.581 bits per heavy atom. The summed E-state index contributed by atoms with van der Waals surface area (Å²) in [5.74, 6) is 0.136. The predicted octanol–water partition coefficient (Wildman–Crippen LogP) is 8.36. The Balaban J connectivity index is 3.58. The van der Waals surface area contributed by atoms with Gasteiger partial charge in [0, 0.05) is 12.8 Å². The number of aliphatic hydroxyl groups is 3. The zero-order valence-corrected chi connectivity index (χ0v) is 28.1. The minimum atomic E-state index is -1.01. The van der Waals surface area contributed by atoms with Crippen molar-refractivity contribution in [3.63, 3.8) is 0 Å². The van der Waals surface area contributed by atoms with Crippen molar-refractivity contribution in [1.82, 2.24) is 0 Å². The molecule has 0 aromatic rings. The maximum atomic E-state index is 11.9. The third-order valence-electron chi connectivity index (χ3n) is 7.88. The fraction of sp³-hybridized carbons (Fsp3) is 0.889. The molecule has 0 spiro atoms. The second-order valence-electron chi connectivity index (χ2n) is 12.8. The van der Waals surface area contributed by atoms with Gasteiger partial charge in [-0.05, 0) is 44.4 Å². The molecule has 0 fully saturated rings. The fourth-order valence-electron chi connectivity index (χ4n) is 5.00. The number of ether oxygens (including phenoxy) is 2. The van der Waals surface area contributed by atoms with E-state index in [1.54, 1.807) is 0 Å². The molecule has 0 aliphatic heterocycles. The van der Waals surface area contributed by atoms with Gasteiger partial charge in [-0.25, -0.2) is 0 Å². The van der Waals surface area contributed by atoms with E-state index >= 15 is 0 Å². The Morgan fingerprint density at radius 2 is 1.05 bits per heavy atom. The minimum absolute atomic E-state index is 0.154. The number of unbranched alkanes of at least 4 members (excludes halogenated alkanes) is 15. The number of esters is 2. The summed E-state index contributed by atoms with van der Waals surface area (Å²) in [6.07, 6.45) is 24.4. The van der Waals surface area contributed by atoms with Crippen LogP contribution in [0.3, 0.4) is 0 Å². The molecule has 43 heavy (non-hydrogen) atoms. The van der Waals surface area contributed by atoms with E-state index in [4.69, 9.17) is 9.47 Å². The van der Waals surface area contributed by atoms with Crippen LogP contribution in [0, 0.1) is 5.92 Å². The smallest absolute Gasteiger partial charge is 0.305 e. The lowest BCUT2D eigenvalue weighted by Crippen LogP contribution is -2.25. The summed E-state index contributed by atoms with van der Waals surface area (Å²) < 4.78 is 10.2. The van der Waals surface area contributed by atoms with Crippen LogP contribution in [0.4, 0.5) is 0 Å². The molecular weight excluding hydrogens is 544 g/mol. The number of carbonyl (C=O) groups excluding carboxylic acids is 2. The van der Waals surface area contributed by atoms with Gasteiger partial charge in [-0.15, -0.1) is 0 Å². The molecule has 254 valence electrons. The molecule has 0 aliphatic rings. The maximum Gasteiger partial charge on any atom is 0.305 e. The predicted molar refractivity (Wildman–Crippen MR) is 176 cm³/mol. The standard InChI is InChI=1S/C36H68O7/c1-4-5-6-7-15-20-25-33(38)34(39)26-21-16-13-18-23-28-36(41)43-30-32(37)29-42-35(40)27-22-17-12-10-8-9-11-14-19-24-31(2)3/h15,20,31-34,37-39H,4-14,16-19,21-30H2,1-3H3/b20-15-/t32-,33-,34-/m1/s1. The van der Waals surface area contributed by atoms with Gasteiger partial charge in [0.25, 0.3) is 0 Å². The van der Waals surface area contributed by atoms with Crippen molar-refractivity contribution in [1.29, 1.82) is 0 Å². The molecule has 3 N–H and O–H groups in total. The van der Waals surface area contributed by atoms with Crippen molar-refractivity contribution in [2.45, 2.75) is 187 Å². The van der Waals surface area contributed by atoms with E-state index in [-0.39, 0.29) is 31.6 Å². The van der Waals surface area contributed by atoms with E-state index < -0.39 is 18.3 Å². The molecule has 0 aromatic carbocycles. The molecule has 0 saturated carbocycles. The second-order valence-corrected chi connectivity index (χ2v) is 12.8. The quantitative estimate of drug-likeness (QED) is 0.0409. The average Bonchev–Trinajstić information content (AvgIpc) is 2.98. The van der Waals surface area contributed by atoms with Crippen molar-refractivity contribution >= 4 is 11.9 Å². The first-order valence-corrected chi connectivity index (χ1v) is 17.8. The highest BCUT2D eigenvalue weighted by Crippen LogP contribution is 2.15. The third-order valence-corrected chi connectivity index (χ3v) is 7.88. The van der Waals surface area contributed by atoms with Gasteiger partial charge in [0.1, 0.15) is 19.3 Å². The largest absolute Gasteiger partial charge is 0.463 e. The van der Waals surface area contributed by atoms with E-state index in [1.165, 1.54) is 64.2 Å². The second kappa shape index (κ2) is 30.6. The van der Waals surface area contributed by atoms with Crippen LogP contribution in [0.15, 0.2) is 12.2 Å². The lowest BCUT2D eigenvalue weighted by Gasteiger charge is -2.16. The fourth-order valence-corrected chi connectivity index (χ4v) is 5.00. The summed E-state index contributed by atoms with van der Waals surface area (Å²) in [4.78, 5) is 23.8. The number of allylic oxidation sites excluding steroid dienone is 1. The number of hydrogen-bond acceptors (Lipinski definition) is 7. The third kappa shape index (κ3) is 30.4. The molecule has 0 rings (SSSR count). The van der Waals surface area contributed by atoms with Crippen molar-refractivity contribution in [3.05, 3.63) is 12.2 Å². The van der Waals surface area contributed by atoms with E-state index in [0.717, 1.165) is 57.3 Å². The molecule has 0 aromatic heterocycles. The van der Waals surface area contributed by atoms with Gasteiger partial charge < -0.3 is 24.8 Å². The Hall–Kier alpha value is -1.44. The van der Waals surface area contributed by atoms with E-state index in [2.05, 4.69) is 26.8 Å². The highest BCUT2D eigenvalue weighted by molar-refractivity contribution is 5.69. The lowest BCUT2D eigenvalue weighted by molar-refractivity contribution is -0.152. The molecule has 7 nitrogen and oxygen atoms in total. The molecule has 0 bridgehead atoms. The van der Waals surface area contributed by atoms with E-state index in [9.17, 15) is 24.9 Å². The molecule has 0 saturated heterocycles. The van der Waals surface area contributed by atoms with Crippen molar-refractivity contribution < 1.29 is 34.4 Å². The van der Waals surface area contributed by atoms with Gasteiger partial charge in [0.15, 0.2) is 0 Å². The van der Waals surface area contributed by atoms with Gasteiger partial charge in [-0.2, -0.15) is 0 Å². The Kier molecular flexibility index (Phi) is 29.6. The van der Waals surface area contributed by atoms with Crippen molar-refractivity contribution in [2.24, 2.45) is 5.92 Å².